The van der Waals surface area contributed by atoms with E-state index in [1.54, 1.807) is 42.5 Å². The molecular formula is C22H17N3O5S. The van der Waals surface area contributed by atoms with Gasteiger partial charge in [-0.3, -0.25) is 4.90 Å². The summed E-state index contributed by atoms with van der Waals surface area (Å²) in [7, 11) is -2.88. The van der Waals surface area contributed by atoms with Gasteiger partial charge in [-0.1, -0.05) is 24.3 Å². The summed E-state index contributed by atoms with van der Waals surface area (Å²) in [5, 5.41) is 19.0. The van der Waals surface area contributed by atoms with Gasteiger partial charge in [-0.15, -0.1) is 0 Å². The fourth-order valence-corrected chi connectivity index (χ4v) is 5.01. The Morgan fingerprint density at radius 1 is 1.06 bits per heavy atom. The van der Waals surface area contributed by atoms with Gasteiger partial charge >= 0.3 is 6.03 Å². The fourth-order valence-electron chi connectivity index (χ4n) is 3.43. The second kappa shape index (κ2) is 7.66. The Labute approximate surface area is 179 Å². The lowest BCUT2D eigenvalue weighted by molar-refractivity contribution is 0.253. The van der Waals surface area contributed by atoms with Gasteiger partial charge in [0.2, 0.25) is 0 Å². The number of phenols is 1. The standard InChI is InChI=1S/C22H17N3O5S/c1-30-20-12-17(9-10-19(20)26)25-22(27)24(14-16-6-4-5-15(11-16)13-23)18-7-2-3-8-21(18)31(25,28)29/h2-12,26H,14H2,1H3. The van der Waals surface area contributed by atoms with Crippen molar-refractivity contribution in [3.8, 4) is 17.6 Å². The predicted octanol–water partition coefficient (Wildman–Crippen LogP) is 3.61. The molecular weight excluding hydrogens is 418 g/mol. The molecule has 0 fully saturated rings. The van der Waals surface area contributed by atoms with Crippen LogP contribution in [-0.2, 0) is 16.6 Å². The zero-order chi connectivity index (χ0) is 22.2. The van der Waals surface area contributed by atoms with Crippen LogP contribution in [0.1, 0.15) is 11.1 Å². The highest BCUT2D eigenvalue weighted by Crippen LogP contribution is 2.40. The Hall–Kier alpha value is -4.03. The van der Waals surface area contributed by atoms with Gasteiger partial charge < -0.3 is 9.84 Å². The first-order chi connectivity index (χ1) is 14.9. The Bertz CT molecular complexity index is 1330. The minimum absolute atomic E-state index is 0.0296. The minimum atomic E-state index is -4.21. The average molecular weight is 435 g/mol. The molecule has 3 aromatic rings. The van der Waals surface area contributed by atoms with E-state index in [4.69, 9.17) is 10.00 Å². The van der Waals surface area contributed by atoms with Gasteiger partial charge in [0.05, 0.1) is 36.7 Å². The van der Waals surface area contributed by atoms with Crippen molar-refractivity contribution in [2.75, 3.05) is 16.3 Å². The van der Waals surface area contributed by atoms with E-state index in [0.717, 1.165) is 0 Å². The van der Waals surface area contributed by atoms with Crippen molar-refractivity contribution in [2.24, 2.45) is 0 Å². The van der Waals surface area contributed by atoms with Crippen molar-refractivity contribution in [3.05, 3.63) is 77.9 Å². The summed E-state index contributed by atoms with van der Waals surface area (Å²) in [6.07, 6.45) is 0. The van der Waals surface area contributed by atoms with Gasteiger partial charge in [0.25, 0.3) is 10.0 Å². The van der Waals surface area contributed by atoms with Crippen LogP contribution in [0.4, 0.5) is 16.2 Å². The lowest BCUT2D eigenvalue weighted by Gasteiger charge is -2.36. The van der Waals surface area contributed by atoms with E-state index >= 15 is 0 Å². The zero-order valence-corrected chi connectivity index (χ0v) is 17.2. The normalized spacial score (nSPS) is 14.6. The number of hydrogen-bond donors (Lipinski definition) is 1. The number of aromatic hydroxyl groups is 1. The van der Waals surface area contributed by atoms with E-state index < -0.39 is 16.1 Å². The Kier molecular flexibility index (Phi) is 5.01. The molecule has 0 saturated heterocycles. The molecule has 0 radical (unpaired) electrons. The largest absolute Gasteiger partial charge is 0.504 e. The minimum Gasteiger partial charge on any atom is -0.504 e. The first-order valence-electron chi connectivity index (χ1n) is 9.18. The number of ether oxygens (including phenoxy) is 1. The number of anilines is 2. The van der Waals surface area contributed by atoms with E-state index in [1.807, 2.05) is 0 Å². The van der Waals surface area contributed by atoms with E-state index in [2.05, 4.69) is 6.07 Å². The number of para-hydroxylation sites is 1. The van der Waals surface area contributed by atoms with Crippen LogP contribution in [-0.4, -0.2) is 26.7 Å². The molecule has 0 spiro atoms. The molecule has 0 bridgehead atoms. The van der Waals surface area contributed by atoms with Crippen LogP contribution in [0, 0.1) is 11.3 Å². The predicted molar refractivity (Wildman–Crippen MR) is 114 cm³/mol. The first-order valence-corrected chi connectivity index (χ1v) is 10.6. The zero-order valence-electron chi connectivity index (χ0n) is 16.4. The van der Waals surface area contributed by atoms with Crippen molar-refractivity contribution in [1.82, 2.24) is 0 Å². The highest BCUT2D eigenvalue weighted by molar-refractivity contribution is 7.94. The number of fused-ring (bicyclic) bond motifs is 1. The van der Waals surface area contributed by atoms with Gasteiger partial charge in [-0.2, -0.15) is 9.57 Å². The lowest BCUT2D eigenvalue weighted by atomic mass is 10.1. The number of carbonyl (C=O) groups is 1. The van der Waals surface area contributed by atoms with E-state index in [9.17, 15) is 18.3 Å². The molecule has 8 nitrogen and oxygen atoms in total. The number of methoxy groups -OCH3 is 1. The molecule has 0 atom stereocenters. The topological polar surface area (TPSA) is 111 Å². The van der Waals surface area contributed by atoms with Crippen molar-refractivity contribution >= 4 is 27.4 Å². The molecule has 3 aromatic carbocycles. The molecule has 0 aromatic heterocycles. The monoisotopic (exact) mass is 435 g/mol. The molecule has 4 rings (SSSR count). The molecule has 31 heavy (non-hydrogen) atoms. The van der Waals surface area contributed by atoms with Crippen molar-refractivity contribution < 1.29 is 23.1 Å². The molecule has 9 heteroatoms. The molecule has 0 unspecified atom stereocenters. The number of nitriles is 1. The SMILES string of the molecule is COc1cc(N2C(=O)N(Cc3cccc(C#N)c3)c3ccccc3S2(=O)=O)ccc1O. The van der Waals surface area contributed by atoms with Crippen LogP contribution in [0.3, 0.4) is 0 Å². The van der Waals surface area contributed by atoms with E-state index in [-0.39, 0.29) is 34.3 Å². The van der Waals surface area contributed by atoms with E-state index in [0.29, 0.717) is 15.4 Å². The second-order valence-electron chi connectivity index (χ2n) is 6.77. The maximum Gasteiger partial charge on any atom is 0.343 e. The molecule has 0 saturated carbocycles. The summed E-state index contributed by atoms with van der Waals surface area (Å²) in [5.74, 6) is -0.147. The molecule has 1 aliphatic rings. The average Bonchev–Trinajstić information content (AvgIpc) is 2.78. The summed E-state index contributed by atoms with van der Waals surface area (Å²) < 4.78 is 32.4. The number of sulfonamides is 1. The van der Waals surface area contributed by atoms with Gasteiger partial charge in [0, 0.05) is 6.07 Å². The van der Waals surface area contributed by atoms with Crippen LogP contribution >= 0.6 is 0 Å². The van der Waals surface area contributed by atoms with Crippen LogP contribution in [0.15, 0.2) is 71.6 Å². The van der Waals surface area contributed by atoms with Crippen LogP contribution in [0.2, 0.25) is 0 Å². The maximum absolute atomic E-state index is 13.5. The molecule has 1 N–H and O–H groups in total. The number of phenolic OH excluding ortho intramolecular Hbond substituents is 1. The lowest BCUT2D eigenvalue weighted by Crippen LogP contribution is -2.50. The number of nitrogens with zero attached hydrogens (tertiary/aromatic N) is 3. The third kappa shape index (κ3) is 3.43. The Morgan fingerprint density at radius 2 is 1.84 bits per heavy atom. The van der Waals surface area contributed by atoms with E-state index in [1.165, 1.54) is 36.3 Å². The summed E-state index contributed by atoms with van der Waals surface area (Å²) in [5.41, 5.74) is 1.38. The molecule has 2 amide bonds. The maximum atomic E-state index is 13.5. The summed E-state index contributed by atoms with van der Waals surface area (Å²) in [6.45, 7) is 0.0621. The van der Waals surface area contributed by atoms with Crippen molar-refractivity contribution in [3.63, 3.8) is 0 Å². The Balaban J connectivity index is 1.87. The second-order valence-corrected chi connectivity index (χ2v) is 8.53. The van der Waals surface area contributed by atoms with Gasteiger partial charge in [0.15, 0.2) is 11.5 Å². The molecule has 0 aliphatic carbocycles. The Morgan fingerprint density at radius 3 is 2.58 bits per heavy atom. The number of amides is 2. The van der Waals surface area contributed by atoms with Gasteiger partial charge in [-0.25, -0.2) is 13.2 Å². The van der Waals surface area contributed by atoms with Crippen molar-refractivity contribution in [2.45, 2.75) is 11.4 Å². The molecule has 1 heterocycles. The number of rotatable bonds is 4. The quantitative estimate of drug-likeness (QED) is 0.670. The summed E-state index contributed by atoms with van der Waals surface area (Å²) in [4.78, 5) is 14.8. The third-order valence-electron chi connectivity index (χ3n) is 4.87. The van der Waals surface area contributed by atoms with Gasteiger partial charge in [0.1, 0.15) is 4.90 Å². The van der Waals surface area contributed by atoms with Gasteiger partial charge in [-0.05, 0) is 42.0 Å². The van der Waals surface area contributed by atoms with Crippen molar-refractivity contribution in [1.29, 1.82) is 5.26 Å². The number of hydrogen-bond acceptors (Lipinski definition) is 6. The first kappa shape index (κ1) is 20.3. The van der Waals surface area contributed by atoms with Crippen LogP contribution in [0.5, 0.6) is 11.5 Å². The highest BCUT2D eigenvalue weighted by Gasteiger charge is 2.42. The third-order valence-corrected chi connectivity index (χ3v) is 6.62. The molecule has 156 valence electrons. The highest BCUT2D eigenvalue weighted by atomic mass is 32.2. The number of carbonyl (C=O) groups excluding carboxylic acids is 1. The molecule has 1 aliphatic heterocycles. The number of urea groups is 1. The van der Waals surface area contributed by atoms with Crippen LogP contribution < -0.4 is 13.9 Å². The fraction of sp³-hybridized carbons (Fsp3) is 0.0909. The summed E-state index contributed by atoms with van der Waals surface area (Å²) in [6, 6.07) is 18.1. The van der Waals surface area contributed by atoms with Crippen LogP contribution in [0.25, 0.3) is 0 Å². The summed E-state index contributed by atoms with van der Waals surface area (Å²) >= 11 is 0. The number of benzene rings is 3. The smallest absolute Gasteiger partial charge is 0.343 e.